The molecule has 0 bridgehead atoms. The van der Waals surface area contributed by atoms with Gasteiger partial charge in [0.15, 0.2) is 0 Å². The Morgan fingerprint density at radius 3 is 2.31 bits per heavy atom. The normalized spacial score (nSPS) is 11.0. The predicted octanol–water partition coefficient (Wildman–Crippen LogP) is 1.58. The van der Waals surface area contributed by atoms with Gasteiger partial charge in [-0.3, -0.25) is 0 Å². The second kappa shape index (κ2) is 3.79. The molecular weight excluding hydrogens is 190 g/mol. The molecule has 0 aliphatic carbocycles. The van der Waals surface area contributed by atoms with Crippen LogP contribution in [0.2, 0.25) is 5.02 Å². The van der Waals surface area contributed by atoms with Crippen molar-refractivity contribution in [2.45, 2.75) is 5.91 Å². The molecule has 4 heteroatoms. The Morgan fingerprint density at radius 2 is 1.85 bits per heavy atom. The minimum atomic E-state index is -2.09. The van der Waals surface area contributed by atoms with Crippen molar-refractivity contribution in [3.05, 3.63) is 41.9 Å². The van der Waals surface area contributed by atoms with E-state index in [9.17, 15) is 0 Å². The maximum absolute atomic E-state index is 9.14. The van der Waals surface area contributed by atoms with E-state index in [0.717, 1.165) is 6.08 Å². The van der Waals surface area contributed by atoms with Crippen LogP contribution in [0.3, 0.4) is 0 Å². The molecule has 1 aromatic rings. The van der Waals surface area contributed by atoms with Crippen molar-refractivity contribution in [1.29, 1.82) is 0 Å². The molecule has 0 fully saturated rings. The van der Waals surface area contributed by atoms with Crippen LogP contribution in [0.4, 0.5) is 5.69 Å². The quantitative estimate of drug-likeness (QED) is 0.512. The first kappa shape index (κ1) is 10.1. The summed E-state index contributed by atoms with van der Waals surface area (Å²) in [6, 6.07) is 6.55. The van der Waals surface area contributed by atoms with Crippen LogP contribution < -0.4 is 5.32 Å². The van der Waals surface area contributed by atoms with Gasteiger partial charge in [0, 0.05) is 10.7 Å². The average Bonchev–Trinajstić information content (AvgIpc) is 2.09. The van der Waals surface area contributed by atoms with E-state index in [2.05, 4.69) is 11.9 Å². The standard InChI is InChI=1S/C9H10ClNO2/c1-2-9(12,13)11-8-5-3-7(10)4-6-8/h2-6,11-13H,1H2. The van der Waals surface area contributed by atoms with Crippen LogP contribution in [0.5, 0.6) is 0 Å². The summed E-state index contributed by atoms with van der Waals surface area (Å²) in [5.74, 6) is -2.09. The van der Waals surface area contributed by atoms with Gasteiger partial charge < -0.3 is 15.5 Å². The van der Waals surface area contributed by atoms with Gasteiger partial charge in [-0.25, -0.2) is 0 Å². The monoisotopic (exact) mass is 199 g/mol. The molecule has 0 unspecified atom stereocenters. The average molecular weight is 200 g/mol. The van der Waals surface area contributed by atoms with E-state index < -0.39 is 5.91 Å². The second-order valence-corrected chi connectivity index (χ2v) is 3.00. The van der Waals surface area contributed by atoms with Gasteiger partial charge in [-0.15, -0.1) is 0 Å². The van der Waals surface area contributed by atoms with Crippen molar-refractivity contribution in [1.82, 2.24) is 0 Å². The summed E-state index contributed by atoms with van der Waals surface area (Å²) < 4.78 is 0. The van der Waals surface area contributed by atoms with E-state index >= 15 is 0 Å². The van der Waals surface area contributed by atoms with Gasteiger partial charge in [-0.1, -0.05) is 18.2 Å². The number of halogens is 1. The van der Waals surface area contributed by atoms with E-state index in [1.165, 1.54) is 0 Å². The van der Waals surface area contributed by atoms with Crippen molar-refractivity contribution in [3.63, 3.8) is 0 Å². The van der Waals surface area contributed by atoms with Crippen molar-refractivity contribution < 1.29 is 10.2 Å². The van der Waals surface area contributed by atoms with Gasteiger partial charge in [0.05, 0.1) is 0 Å². The molecule has 0 radical (unpaired) electrons. The largest absolute Gasteiger partial charge is 0.346 e. The van der Waals surface area contributed by atoms with Gasteiger partial charge in [0.25, 0.3) is 5.91 Å². The number of hydrogen-bond acceptors (Lipinski definition) is 3. The molecule has 1 aromatic carbocycles. The van der Waals surface area contributed by atoms with Crippen molar-refractivity contribution in [3.8, 4) is 0 Å². The lowest BCUT2D eigenvalue weighted by molar-refractivity contribution is -0.0915. The zero-order valence-electron chi connectivity index (χ0n) is 6.87. The Bertz CT molecular complexity index is 295. The third-order valence-corrected chi connectivity index (χ3v) is 1.71. The Kier molecular flexibility index (Phi) is 2.93. The first-order valence-electron chi connectivity index (χ1n) is 3.65. The molecule has 70 valence electrons. The lowest BCUT2D eigenvalue weighted by Gasteiger charge is -2.19. The minimum absolute atomic E-state index is 0.550. The summed E-state index contributed by atoms with van der Waals surface area (Å²) >= 11 is 5.64. The van der Waals surface area contributed by atoms with Gasteiger partial charge in [0.2, 0.25) is 0 Å². The zero-order chi connectivity index (χ0) is 9.90. The maximum Gasteiger partial charge on any atom is 0.265 e. The number of rotatable bonds is 3. The van der Waals surface area contributed by atoms with Crippen LogP contribution in [-0.4, -0.2) is 16.1 Å². The number of hydrogen-bond donors (Lipinski definition) is 3. The van der Waals surface area contributed by atoms with Crippen LogP contribution in [0.25, 0.3) is 0 Å². The fourth-order valence-corrected chi connectivity index (χ4v) is 0.923. The van der Waals surface area contributed by atoms with E-state index in [1.807, 2.05) is 0 Å². The molecule has 3 nitrogen and oxygen atoms in total. The van der Waals surface area contributed by atoms with E-state index in [1.54, 1.807) is 24.3 Å². The van der Waals surface area contributed by atoms with Gasteiger partial charge in [-0.2, -0.15) is 0 Å². The molecule has 0 atom stereocenters. The highest BCUT2D eigenvalue weighted by atomic mass is 35.5. The Labute approximate surface area is 81.3 Å². The van der Waals surface area contributed by atoms with Crippen LogP contribution in [0.1, 0.15) is 0 Å². The van der Waals surface area contributed by atoms with Crippen LogP contribution in [0.15, 0.2) is 36.9 Å². The van der Waals surface area contributed by atoms with Crippen LogP contribution >= 0.6 is 11.6 Å². The van der Waals surface area contributed by atoms with E-state index in [4.69, 9.17) is 21.8 Å². The third kappa shape index (κ3) is 3.06. The fourth-order valence-electron chi connectivity index (χ4n) is 0.797. The Balaban J connectivity index is 2.75. The zero-order valence-corrected chi connectivity index (χ0v) is 7.62. The number of benzene rings is 1. The Hall–Kier alpha value is -1.03. The molecule has 0 amide bonds. The smallest absolute Gasteiger partial charge is 0.265 e. The topological polar surface area (TPSA) is 52.5 Å². The summed E-state index contributed by atoms with van der Waals surface area (Å²) in [6.45, 7) is 3.26. The minimum Gasteiger partial charge on any atom is -0.346 e. The van der Waals surface area contributed by atoms with Crippen LogP contribution in [-0.2, 0) is 0 Å². The Morgan fingerprint density at radius 1 is 1.31 bits per heavy atom. The molecule has 0 spiro atoms. The SMILES string of the molecule is C=CC(O)(O)Nc1ccc(Cl)cc1. The highest BCUT2D eigenvalue weighted by molar-refractivity contribution is 6.30. The third-order valence-electron chi connectivity index (χ3n) is 1.46. The van der Waals surface area contributed by atoms with Crippen molar-refractivity contribution in [2.75, 3.05) is 5.32 Å². The molecular formula is C9H10ClNO2. The first-order valence-corrected chi connectivity index (χ1v) is 4.03. The molecule has 0 aliphatic rings. The second-order valence-electron chi connectivity index (χ2n) is 2.56. The summed E-state index contributed by atoms with van der Waals surface area (Å²) in [5, 5.41) is 21.3. The number of aliphatic hydroxyl groups is 2. The molecule has 0 aromatic heterocycles. The van der Waals surface area contributed by atoms with Gasteiger partial charge in [-0.05, 0) is 30.3 Å². The summed E-state index contributed by atoms with van der Waals surface area (Å²) in [7, 11) is 0. The molecule has 0 heterocycles. The molecule has 1 rings (SSSR count). The lowest BCUT2D eigenvalue weighted by Crippen LogP contribution is -2.34. The highest BCUT2D eigenvalue weighted by Crippen LogP contribution is 2.16. The number of nitrogens with one attached hydrogen (secondary N) is 1. The van der Waals surface area contributed by atoms with Gasteiger partial charge in [0.1, 0.15) is 0 Å². The maximum atomic E-state index is 9.14. The highest BCUT2D eigenvalue weighted by Gasteiger charge is 2.16. The van der Waals surface area contributed by atoms with E-state index in [0.29, 0.717) is 10.7 Å². The first-order chi connectivity index (χ1) is 6.03. The molecule has 0 saturated heterocycles. The van der Waals surface area contributed by atoms with Crippen LogP contribution in [0, 0.1) is 0 Å². The summed E-state index contributed by atoms with van der Waals surface area (Å²) in [6.07, 6.45) is 0.988. The lowest BCUT2D eigenvalue weighted by atomic mass is 10.3. The van der Waals surface area contributed by atoms with Crippen molar-refractivity contribution in [2.24, 2.45) is 0 Å². The van der Waals surface area contributed by atoms with Gasteiger partial charge >= 0.3 is 0 Å². The fraction of sp³-hybridized carbons (Fsp3) is 0.111. The van der Waals surface area contributed by atoms with Crippen molar-refractivity contribution >= 4 is 17.3 Å². The number of anilines is 1. The predicted molar refractivity (Wildman–Crippen MR) is 52.4 cm³/mol. The molecule has 0 aliphatic heterocycles. The molecule has 13 heavy (non-hydrogen) atoms. The van der Waals surface area contributed by atoms with E-state index in [-0.39, 0.29) is 0 Å². The molecule has 0 saturated carbocycles. The molecule has 3 N–H and O–H groups in total. The summed E-state index contributed by atoms with van der Waals surface area (Å²) in [4.78, 5) is 0. The summed E-state index contributed by atoms with van der Waals surface area (Å²) in [5.41, 5.74) is 0.550.